The quantitative estimate of drug-likeness (QED) is 0.431. The van der Waals surface area contributed by atoms with Crippen LogP contribution in [0.15, 0.2) is 34.9 Å². The highest BCUT2D eigenvalue weighted by atomic mass is 19.4. The van der Waals surface area contributed by atoms with Crippen LogP contribution in [0.1, 0.15) is 82.3 Å². The number of oxazole rings is 1. The Morgan fingerprint density at radius 2 is 1.88 bits per heavy atom. The first-order chi connectivity index (χ1) is 19.1. The van der Waals surface area contributed by atoms with Crippen molar-refractivity contribution >= 4 is 17.7 Å². The molecule has 0 saturated carbocycles. The second-order valence-electron chi connectivity index (χ2n) is 11.6. The fourth-order valence-electron chi connectivity index (χ4n) is 4.42. The van der Waals surface area contributed by atoms with Crippen molar-refractivity contribution in [1.29, 1.82) is 0 Å². The number of aromatic nitrogens is 1. The third kappa shape index (κ3) is 8.46. The molecule has 0 radical (unpaired) electrons. The van der Waals surface area contributed by atoms with Gasteiger partial charge in [0.25, 0.3) is 5.91 Å². The van der Waals surface area contributed by atoms with Gasteiger partial charge in [0.15, 0.2) is 6.61 Å². The number of nitrogens with one attached hydrogen (secondary N) is 1. The maximum absolute atomic E-state index is 13.5. The number of ether oxygens (including phenoxy) is 1. The third-order valence-electron chi connectivity index (χ3n) is 7.04. The maximum Gasteiger partial charge on any atom is 0.389 e. The van der Waals surface area contributed by atoms with E-state index < -0.39 is 42.9 Å². The third-order valence-corrected chi connectivity index (χ3v) is 7.04. The van der Waals surface area contributed by atoms with Gasteiger partial charge in [-0.2, -0.15) is 13.2 Å². The molecule has 1 saturated heterocycles. The van der Waals surface area contributed by atoms with E-state index in [0.29, 0.717) is 24.5 Å². The number of benzene rings is 1. The van der Waals surface area contributed by atoms with Gasteiger partial charge < -0.3 is 24.3 Å². The zero-order valence-corrected chi connectivity index (χ0v) is 24.4. The highest BCUT2D eigenvalue weighted by molar-refractivity contribution is 6.00. The molecule has 41 heavy (non-hydrogen) atoms. The first kappa shape index (κ1) is 32.0. The SMILES string of the molecule is CC(C)N(C)C(=O)C1CCCN1C(=O)C(CCC(F)(F)F)NC(=O)c1ccccc1OCc1ncc(C(C)(C)C)o1. The van der Waals surface area contributed by atoms with Gasteiger partial charge in [0.1, 0.15) is 23.6 Å². The molecule has 12 heteroatoms. The molecule has 226 valence electrons. The Labute approximate surface area is 238 Å². The van der Waals surface area contributed by atoms with Gasteiger partial charge in [-0.25, -0.2) is 4.98 Å². The number of carbonyl (C=O) groups is 3. The molecule has 2 atom stereocenters. The molecule has 1 aliphatic heterocycles. The van der Waals surface area contributed by atoms with Crippen molar-refractivity contribution in [3.8, 4) is 5.75 Å². The number of hydrogen-bond donors (Lipinski definition) is 1. The molecule has 1 aromatic heterocycles. The first-order valence-electron chi connectivity index (χ1n) is 13.7. The van der Waals surface area contributed by atoms with E-state index in [1.807, 2.05) is 34.6 Å². The van der Waals surface area contributed by atoms with Crippen molar-refractivity contribution in [3.05, 3.63) is 47.7 Å². The molecule has 1 aromatic carbocycles. The second kappa shape index (κ2) is 12.9. The van der Waals surface area contributed by atoms with Gasteiger partial charge in [-0.15, -0.1) is 0 Å². The number of alkyl halides is 3. The summed E-state index contributed by atoms with van der Waals surface area (Å²) in [6, 6.07) is 3.80. The van der Waals surface area contributed by atoms with E-state index >= 15 is 0 Å². The number of carbonyl (C=O) groups excluding carboxylic acids is 3. The average molecular weight is 581 g/mol. The van der Waals surface area contributed by atoms with Crippen LogP contribution in [-0.4, -0.2) is 70.4 Å². The van der Waals surface area contributed by atoms with E-state index in [1.54, 1.807) is 25.4 Å². The second-order valence-corrected chi connectivity index (χ2v) is 11.6. The van der Waals surface area contributed by atoms with E-state index in [4.69, 9.17) is 9.15 Å². The molecule has 1 aliphatic rings. The lowest BCUT2D eigenvalue weighted by atomic mass is 9.94. The number of likely N-dealkylation sites (N-methyl/N-ethyl adjacent to an activating group) is 1. The van der Waals surface area contributed by atoms with Gasteiger partial charge in [0.05, 0.1) is 11.8 Å². The first-order valence-corrected chi connectivity index (χ1v) is 13.7. The Morgan fingerprint density at radius 3 is 2.49 bits per heavy atom. The molecule has 3 rings (SSSR count). The standard InChI is InChI=1S/C29H39F3N4O5/c1-18(2)35(6)27(39)21-11-9-15-36(21)26(38)20(13-14-29(30,31)32)34-25(37)19-10-7-8-12-22(19)40-17-24-33-16-23(41-24)28(3,4)5/h7-8,10,12,16,18,20-21H,9,11,13-15,17H2,1-6H3,(H,34,37). The Hall–Kier alpha value is -3.57. The van der Waals surface area contributed by atoms with Gasteiger partial charge >= 0.3 is 6.18 Å². The normalized spacial score (nSPS) is 16.5. The van der Waals surface area contributed by atoms with Crippen molar-refractivity contribution < 1.29 is 36.7 Å². The molecule has 2 aromatic rings. The molecule has 2 unspecified atom stereocenters. The number of para-hydroxylation sites is 1. The number of hydrogen-bond acceptors (Lipinski definition) is 6. The lowest BCUT2D eigenvalue weighted by Crippen LogP contribution is -2.54. The van der Waals surface area contributed by atoms with E-state index in [2.05, 4.69) is 10.3 Å². The van der Waals surface area contributed by atoms with Crippen molar-refractivity contribution in [1.82, 2.24) is 20.1 Å². The van der Waals surface area contributed by atoms with Crippen LogP contribution in [-0.2, 0) is 21.6 Å². The summed E-state index contributed by atoms with van der Waals surface area (Å²) in [5, 5.41) is 2.48. The molecule has 3 amide bonds. The van der Waals surface area contributed by atoms with Gasteiger partial charge in [-0.05, 0) is 45.2 Å². The fraction of sp³-hybridized carbons (Fsp3) is 0.586. The van der Waals surface area contributed by atoms with Crippen LogP contribution in [0.5, 0.6) is 5.75 Å². The van der Waals surface area contributed by atoms with Gasteiger partial charge in [-0.3, -0.25) is 14.4 Å². The van der Waals surface area contributed by atoms with Crippen molar-refractivity contribution in [2.45, 2.75) is 96.6 Å². The van der Waals surface area contributed by atoms with Crippen LogP contribution >= 0.6 is 0 Å². The van der Waals surface area contributed by atoms with Gasteiger partial charge in [0.2, 0.25) is 17.7 Å². The van der Waals surface area contributed by atoms with Gasteiger partial charge in [0, 0.05) is 31.5 Å². The van der Waals surface area contributed by atoms with Crippen molar-refractivity contribution in [2.75, 3.05) is 13.6 Å². The summed E-state index contributed by atoms with van der Waals surface area (Å²) in [5.41, 5.74) is -0.224. The minimum Gasteiger partial charge on any atom is -0.483 e. The van der Waals surface area contributed by atoms with Crippen LogP contribution in [0, 0.1) is 0 Å². The lowest BCUT2D eigenvalue weighted by Gasteiger charge is -2.32. The lowest BCUT2D eigenvalue weighted by molar-refractivity contribution is -0.148. The summed E-state index contributed by atoms with van der Waals surface area (Å²) >= 11 is 0. The van der Waals surface area contributed by atoms with Crippen LogP contribution in [0.2, 0.25) is 0 Å². The van der Waals surface area contributed by atoms with Crippen molar-refractivity contribution in [2.24, 2.45) is 0 Å². The molecule has 1 N–H and O–H groups in total. The van der Waals surface area contributed by atoms with Crippen LogP contribution in [0.3, 0.4) is 0 Å². The summed E-state index contributed by atoms with van der Waals surface area (Å²) in [4.78, 5) is 46.9. The maximum atomic E-state index is 13.5. The molecular weight excluding hydrogens is 541 g/mol. The molecule has 1 fully saturated rings. The number of likely N-dealkylation sites (tertiary alicyclic amines) is 1. The number of amides is 3. The Morgan fingerprint density at radius 1 is 1.20 bits per heavy atom. The molecule has 0 aliphatic carbocycles. The zero-order valence-electron chi connectivity index (χ0n) is 24.4. The summed E-state index contributed by atoms with van der Waals surface area (Å²) in [6.45, 7) is 9.70. The molecule has 2 heterocycles. The predicted octanol–water partition coefficient (Wildman–Crippen LogP) is 4.85. The minimum atomic E-state index is -4.54. The van der Waals surface area contributed by atoms with Gasteiger partial charge in [-0.1, -0.05) is 32.9 Å². The highest BCUT2D eigenvalue weighted by Crippen LogP contribution is 2.27. The minimum absolute atomic E-state index is 0.0356. The monoisotopic (exact) mass is 580 g/mol. The van der Waals surface area contributed by atoms with E-state index in [0.717, 1.165) is 0 Å². The van der Waals surface area contributed by atoms with E-state index in [1.165, 1.54) is 21.9 Å². The smallest absolute Gasteiger partial charge is 0.389 e. The topological polar surface area (TPSA) is 105 Å². The molecule has 0 bridgehead atoms. The number of rotatable bonds is 10. The average Bonchev–Trinajstić information content (AvgIpc) is 3.58. The summed E-state index contributed by atoms with van der Waals surface area (Å²) < 4.78 is 51.1. The predicted molar refractivity (Wildman–Crippen MR) is 145 cm³/mol. The zero-order chi connectivity index (χ0) is 30.5. The van der Waals surface area contributed by atoms with E-state index in [-0.39, 0.29) is 41.8 Å². The van der Waals surface area contributed by atoms with Crippen LogP contribution in [0.4, 0.5) is 13.2 Å². The Bertz CT molecular complexity index is 1220. The number of nitrogens with zero attached hydrogens (tertiary/aromatic N) is 3. The van der Waals surface area contributed by atoms with Crippen molar-refractivity contribution in [3.63, 3.8) is 0 Å². The highest BCUT2D eigenvalue weighted by Gasteiger charge is 2.40. The summed E-state index contributed by atoms with van der Waals surface area (Å²) in [5.74, 6) is -0.679. The molecular formula is C29H39F3N4O5. The summed E-state index contributed by atoms with van der Waals surface area (Å²) in [6.07, 6.45) is -3.95. The Kier molecular flexibility index (Phi) is 10.1. The molecule has 0 spiro atoms. The molecule has 9 nitrogen and oxygen atoms in total. The van der Waals surface area contributed by atoms with Crippen LogP contribution < -0.4 is 10.1 Å². The van der Waals surface area contributed by atoms with E-state index in [9.17, 15) is 27.6 Å². The Balaban J connectivity index is 1.79. The van der Waals surface area contributed by atoms with Crippen LogP contribution in [0.25, 0.3) is 0 Å². The largest absolute Gasteiger partial charge is 0.483 e. The number of halogens is 3. The fourth-order valence-corrected chi connectivity index (χ4v) is 4.42. The summed E-state index contributed by atoms with van der Waals surface area (Å²) in [7, 11) is 1.62.